The molecule has 2 heteroatoms. The van der Waals surface area contributed by atoms with Crippen molar-refractivity contribution in [2.45, 2.75) is 26.7 Å². The predicted molar refractivity (Wildman–Crippen MR) is 71.5 cm³/mol. The van der Waals surface area contributed by atoms with Gasteiger partial charge in [-0.1, -0.05) is 32.0 Å². The quantitative estimate of drug-likeness (QED) is 0.747. The first-order valence-corrected chi connectivity index (χ1v) is 6.11. The Labute approximate surface area is 99.5 Å². The third kappa shape index (κ3) is 4.67. The van der Waals surface area contributed by atoms with Crippen LogP contribution in [0.3, 0.4) is 0 Å². The molecule has 1 aromatic rings. The normalized spacial score (nSPS) is 11.3. The summed E-state index contributed by atoms with van der Waals surface area (Å²) < 4.78 is 0. The van der Waals surface area contributed by atoms with Gasteiger partial charge < -0.3 is 10.6 Å². The van der Waals surface area contributed by atoms with E-state index in [0.29, 0.717) is 0 Å². The van der Waals surface area contributed by atoms with Gasteiger partial charge in [0.25, 0.3) is 0 Å². The number of benzene rings is 1. The minimum atomic E-state index is 0.782. The topological polar surface area (TPSA) is 29.3 Å². The standard InChI is InChI=1S/C14H24N2/c1-12(2)8-10-16(3)11-9-13-6-4-5-7-14(13)15/h4-7,12H,8-11,15H2,1-3H3. The van der Waals surface area contributed by atoms with Gasteiger partial charge in [-0.25, -0.2) is 0 Å². The number of para-hydroxylation sites is 1. The van der Waals surface area contributed by atoms with Crippen LogP contribution in [-0.4, -0.2) is 25.0 Å². The molecule has 2 nitrogen and oxygen atoms in total. The summed E-state index contributed by atoms with van der Waals surface area (Å²) >= 11 is 0. The van der Waals surface area contributed by atoms with Gasteiger partial charge in [-0.05, 0) is 44.0 Å². The summed E-state index contributed by atoms with van der Waals surface area (Å²) in [7, 11) is 2.18. The molecule has 0 unspecified atom stereocenters. The van der Waals surface area contributed by atoms with E-state index in [4.69, 9.17) is 5.73 Å². The molecule has 16 heavy (non-hydrogen) atoms. The molecule has 0 heterocycles. The third-order valence-electron chi connectivity index (χ3n) is 2.91. The van der Waals surface area contributed by atoms with Crippen molar-refractivity contribution in [2.24, 2.45) is 5.92 Å². The van der Waals surface area contributed by atoms with Crippen molar-refractivity contribution in [3.63, 3.8) is 0 Å². The number of likely N-dealkylation sites (N-methyl/N-ethyl adjacent to an activating group) is 1. The Morgan fingerprint density at radius 3 is 2.50 bits per heavy atom. The summed E-state index contributed by atoms with van der Waals surface area (Å²) in [6.07, 6.45) is 2.31. The first kappa shape index (κ1) is 13.0. The summed E-state index contributed by atoms with van der Waals surface area (Å²) in [6.45, 7) is 6.79. The van der Waals surface area contributed by atoms with Crippen LogP contribution < -0.4 is 5.73 Å². The smallest absolute Gasteiger partial charge is 0.0347 e. The summed E-state index contributed by atoms with van der Waals surface area (Å²) in [5, 5.41) is 0. The van der Waals surface area contributed by atoms with Gasteiger partial charge in [0.15, 0.2) is 0 Å². The van der Waals surface area contributed by atoms with E-state index in [1.807, 2.05) is 12.1 Å². The maximum absolute atomic E-state index is 5.91. The van der Waals surface area contributed by atoms with Gasteiger partial charge in [0, 0.05) is 12.2 Å². The van der Waals surface area contributed by atoms with E-state index in [-0.39, 0.29) is 0 Å². The maximum atomic E-state index is 5.91. The van der Waals surface area contributed by atoms with Crippen LogP contribution in [-0.2, 0) is 6.42 Å². The highest BCUT2D eigenvalue weighted by Gasteiger charge is 2.02. The van der Waals surface area contributed by atoms with E-state index in [9.17, 15) is 0 Å². The lowest BCUT2D eigenvalue weighted by Gasteiger charge is -2.18. The fourth-order valence-corrected chi connectivity index (χ4v) is 1.66. The first-order chi connectivity index (χ1) is 7.59. The van der Waals surface area contributed by atoms with E-state index < -0.39 is 0 Å². The number of hydrogen-bond acceptors (Lipinski definition) is 2. The number of anilines is 1. The molecular formula is C14H24N2. The molecule has 1 rings (SSSR count). The van der Waals surface area contributed by atoms with Gasteiger partial charge in [0.1, 0.15) is 0 Å². The highest BCUT2D eigenvalue weighted by molar-refractivity contribution is 5.46. The Morgan fingerprint density at radius 1 is 1.19 bits per heavy atom. The molecule has 0 aromatic heterocycles. The van der Waals surface area contributed by atoms with Gasteiger partial charge in [-0.15, -0.1) is 0 Å². The molecule has 0 atom stereocenters. The molecule has 0 saturated heterocycles. The van der Waals surface area contributed by atoms with Gasteiger partial charge >= 0.3 is 0 Å². The van der Waals surface area contributed by atoms with E-state index >= 15 is 0 Å². The molecule has 90 valence electrons. The number of nitrogens with two attached hydrogens (primary N) is 1. The SMILES string of the molecule is CC(C)CCN(C)CCc1ccccc1N. The summed E-state index contributed by atoms with van der Waals surface area (Å²) in [4.78, 5) is 2.38. The monoisotopic (exact) mass is 220 g/mol. The number of nitrogens with zero attached hydrogens (tertiary/aromatic N) is 1. The lowest BCUT2D eigenvalue weighted by Crippen LogP contribution is -2.23. The predicted octanol–water partition coefficient (Wildman–Crippen LogP) is 2.79. The fourth-order valence-electron chi connectivity index (χ4n) is 1.66. The van der Waals surface area contributed by atoms with Crippen LogP contribution >= 0.6 is 0 Å². The molecule has 0 spiro atoms. The Bertz CT molecular complexity index is 307. The summed E-state index contributed by atoms with van der Waals surface area (Å²) in [6, 6.07) is 8.14. The van der Waals surface area contributed by atoms with Crippen LogP contribution in [0.2, 0.25) is 0 Å². The van der Waals surface area contributed by atoms with Crippen LogP contribution in [0.1, 0.15) is 25.8 Å². The van der Waals surface area contributed by atoms with Crippen molar-refractivity contribution in [3.8, 4) is 0 Å². The second-order valence-electron chi connectivity index (χ2n) is 4.93. The lowest BCUT2D eigenvalue weighted by atomic mass is 10.1. The molecule has 0 radical (unpaired) electrons. The number of nitrogen functional groups attached to an aromatic ring is 1. The van der Waals surface area contributed by atoms with Gasteiger partial charge in [0.2, 0.25) is 0 Å². The largest absolute Gasteiger partial charge is 0.399 e. The van der Waals surface area contributed by atoms with Crippen LogP contribution in [0.4, 0.5) is 5.69 Å². The average molecular weight is 220 g/mol. The minimum absolute atomic E-state index is 0.782. The van der Waals surface area contributed by atoms with Crippen molar-refractivity contribution >= 4 is 5.69 Å². The van der Waals surface area contributed by atoms with Crippen molar-refractivity contribution in [1.82, 2.24) is 4.90 Å². The minimum Gasteiger partial charge on any atom is -0.399 e. The second-order valence-corrected chi connectivity index (χ2v) is 4.93. The molecule has 0 aliphatic heterocycles. The second kappa shape index (κ2) is 6.54. The van der Waals surface area contributed by atoms with Crippen LogP contribution in [0.15, 0.2) is 24.3 Å². The van der Waals surface area contributed by atoms with Crippen LogP contribution in [0.5, 0.6) is 0 Å². The third-order valence-corrected chi connectivity index (χ3v) is 2.91. The van der Waals surface area contributed by atoms with Crippen molar-refractivity contribution in [2.75, 3.05) is 25.9 Å². The zero-order chi connectivity index (χ0) is 12.0. The molecule has 0 fully saturated rings. The Morgan fingerprint density at radius 2 is 1.88 bits per heavy atom. The first-order valence-electron chi connectivity index (χ1n) is 6.11. The molecule has 0 aliphatic carbocycles. The van der Waals surface area contributed by atoms with Crippen molar-refractivity contribution in [3.05, 3.63) is 29.8 Å². The number of rotatable bonds is 6. The fraction of sp³-hybridized carbons (Fsp3) is 0.571. The average Bonchev–Trinajstić information content (AvgIpc) is 2.25. The van der Waals surface area contributed by atoms with E-state index in [2.05, 4.69) is 37.9 Å². The molecule has 2 N–H and O–H groups in total. The van der Waals surface area contributed by atoms with Crippen molar-refractivity contribution < 1.29 is 0 Å². The van der Waals surface area contributed by atoms with Gasteiger partial charge in [0.05, 0.1) is 0 Å². The van der Waals surface area contributed by atoms with E-state index in [0.717, 1.165) is 24.6 Å². The van der Waals surface area contributed by atoms with Crippen LogP contribution in [0, 0.1) is 5.92 Å². The summed E-state index contributed by atoms with van der Waals surface area (Å²) in [5.41, 5.74) is 8.09. The molecular weight excluding hydrogens is 196 g/mol. The lowest BCUT2D eigenvalue weighted by molar-refractivity contribution is 0.314. The molecule has 0 saturated carbocycles. The zero-order valence-electron chi connectivity index (χ0n) is 10.7. The Hall–Kier alpha value is -1.02. The van der Waals surface area contributed by atoms with E-state index in [1.54, 1.807) is 0 Å². The zero-order valence-corrected chi connectivity index (χ0v) is 10.7. The molecule has 1 aromatic carbocycles. The van der Waals surface area contributed by atoms with Gasteiger partial charge in [-0.2, -0.15) is 0 Å². The van der Waals surface area contributed by atoms with E-state index in [1.165, 1.54) is 18.5 Å². The highest BCUT2D eigenvalue weighted by atomic mass is 15.1. The molecule has 0 amide bonds. The van der Waals surface area contributed by atoms with Gasteiger partial charge in [-0.3, -0.25) is 0 Å². The summed E-state index contributed by atoms with van der Waals surface area (Å²) in [5.74, 6) is 0.782. The van der Waals surface area contributed by atoms with Crippen LogP contribution in [0.25, 0.3) is 0 Å². The van der Waals surface area contributed by atoms with Crippen molar-refractivity contribution in [1.29, 1.82) is 0 Å². The highest BCUT2D eigenvalue weighted by Crippen LogP contribution is 2.11. The maximum Gasteiger partial charge on any atom is 0.0347 e. The Kier molecular flexibility index (Phi) is 5.33. The molecule has 0 aliphatic rings. The Balaban J connectivity index is 2.31. The molecule has 0 bridgehead atoms. The number of hydrogen-bond donors (Lipinski definition) is 1.